The van der Waals surface area contributed by atoms with Crippen molar-refractivity contribution in [3.63, 3.8) is 0 Å². The summed E-state index contributed by atoms with van der Waals surface area (Å²) in [5, 5.41) is 7.85. The third kappa shape index (κ3) is 4.47. The number of nitrogens with one attached hydrogen (secondary N) is 2. The molecular weight excluding hydrogens is 490 g/mol. The molecule has 4 aromatic heterocycles. The molecular formula is C24H21Cl2FN8. The maximum absolute atomic E-state index is 14.3. The van der Waals surface area contributed by atoms with E-state index < -0.39 is 5.82 Å². The summed E-state index contributed by atoms with van der Waals surface area (Å²) in [6.45, 7) is 3.42. The number of nitrogens with zero attached hydrogens (tertiary/aromatic N) is 6. The second kappa shape index (κ2) is 9.14. The number of hydrogen-bond acceptors (Lipinski definition) is 8. The lowest BCUT2D eigenvalue weighted by molar-refractivity contribution is 0.586. The molecule has 2 aliphatic rings. The van der Waals surface area contributed by atoms with Gasteiger partial charge in [-0.2, -0.15) is 0 Å². The largest absolute Gasteiger partial charge is 0.353 e. The second-order valence-electron chi connectivity index (χ2n) is 8.65. The van der Waals surface area contributed by atoms with E-state index in [-0.39, 0.29) is 10.8 Å². The molecule has 1 aliphatic heterocycles. The Bertz CT molecular complexity index is 1420. The third-order valence-electron chi connectivity index (χ3n) is 6.20. The molecule has 0 amide bonds. The third-order valence-corrected chi connectivity index (χ3v) is 6.68. The monoisotopic (exact) mass is 510 g/mol. The molecule has 11 heteroatoms. The van der Waals surface area contributed by atoms with Gasteiger partial charge in [0.1, 0.15) is 17.2 Å². The van der Waals surface area contributed by atoms with Gasteiger partial charge in [0, 0.05) is 50.3 Å². The summed E-state index contributed by atoms with van der Waals surface area (Å²) in [5.74, 6) is 1.70. The van der Waals surface area contributed by atoms with Crippen molar-refractivity contribution < 1.29 is 4.39 Å². The van der Waals surface area contributed by atoms with E-state index in [4.69, 9.17) is 33.2 Å². The number of fused-ring (bicyclic) bond motifs is 1. The molecule has 2 N–H and O–H groups in total. The Kier molecular flexibility index (Phi) is 5.83. The average molecular weight is 511 g/mol. The molecule has 0 spiro atoms. The summed E-state index contributed by atoms with van der Waals surface area (Å²) in [6.07, 6.45) is 7.13. The number of halogens is 3. The Morgan fingerprint density at radius 1 is 1.03 bits per heavy atom. The molecule has 1 aliphatic carbocycles. The molecule has 2 fully saturated rings. The number of hydrogen-bond donors (Lipinski definition) is 2. The van der Waals surface area contributed by atoms with Crippen molar-refractivity contribution in [2.45, 2.75) is 18.8 Å². The van der Waals surface area contributed by atoms with Crippen molar-refractivity contribution in [3.05, 3.63) is 58.3 Å². The molecule has 0 radical (unpaired) electrons. The van der Waals surface area contributed by atoms with Crippen molar-refractivity contribution in [2.75, 3.05) is 36.4 Å². The first kappa shape index (κ1) is 22.3. The Morgan fingerprint density at radius 2 is 1.86 bits per heavy atom. The number of aromatic nitrogens is 5. The molecule has 0 unspecified atom stereocenters. The van der Waals surface area contributed by atoms with E-state index in [0.717, 1.165) is 55.8 Å². The van der Waals surface area contributed by atoms with E-state index in [2.05, 4.69) is 30.5 Å². The van der Waals surface area contributed by atoms with E-state index in [9.17, 15) is 4.39 Å². The van der Waals surface area contributed by atoms with Crippen LogP contribution in [0.15, 0.2) is 36.8 Å². The fourth-order valence-corrected chi connectivity index (χ4v) is 4.65. The highest BCUT2D eigenvalue weighted by Crippen LogP contribution is 2.46. The summed E-state index contributed by atoms with van der Waals surface area (Å²) >= 11 is 12.4. The van der Waals surface area contributed by atoms with Gasteiger partial charge in [0.15, 0.2) is 22.6 Å². The van der Waals surface area contributed by atoms with E-state index in [1.807, 2.05) is 12.3 Å². The average Bonchev–Trinajstić information content (AvgIpc) is 3.72. The van der Waals surface area contributed by atoms with E-state index in [1.165, 1.54) is 12.3 Å². The van der Waals surface area contributed by atoms with Gasteiger partial charge in [0.05, 0.1) is 10.4 Å². The Balaban J connectivity index is 1.46. The number of piperazine rings is 1. The Hall–Kier alpha value is -3.14. The van der Waals surface area contributed by atoms with E-state index in [0.29, 0.717) is 33.8 Å². The van der Waals surface area contributed by atoms with E-state index in [1.54, 1.807) is 12.3 Å². The van der Waals surface area contributed by atoms with Gasteiger partial charge in [0.25, 0.3) is 0 Å². The van der Waals surface area contributed by atoms with Gasteiger partial charge in [-0.05, 0) is 42.5 Å². The van der Waals surface area contributed by atoms with Crippen molar-refractivity contribution in [1.82, 2.24) is 30.2 Å². The van der Waals surface area contributed by atoms with Crippen LogP contribution in [0.1, 0.15) is 24.3 Å². The van der Waals surface area contributed by atoms with Crippen LogP contribution >= 0.6 is 23.2 Å². The fraction of sp³-hybridized carbons (Fsp3) is 0.292. The first-order valence-electron chi connectivity index (χ1n) is 11.4. The van der Waals surface area contributed by atoms with Crippen molar-refractivity contribution in [3.8, 4) is 11.4 Å². The lowest BCUT2D eigenvalue weighted by Crippen LogP contribution is -2.44. The van der Waals surface area contributed by atoms with Gasteiger partial charge in [-0.3, -0.25) is 0 Å². The normalized spacial score (nSPS) is 16.0. The topological polar surface area (TPSA) is 91.8 Å². The van der Waals surface area contributed by atoms with Crippen molar-refractivity contribution in [2.24, 2.45) is 0 Å². The Labute approximate surface area is 211 Å². The minimum atomic E-state index is -0.571. The van der Waals surface area contributed by atoms with Crippen LogP contribution in [0.3, 0.4) is 0 Å². The lowest BCUT2D eigenvalue weighted by atomic mass is 10.1. The maximum atomic E-state index is 14.3. The minimum Gasteiger partial charge on any atom is -0.353 e. The molecule has 0 atom stereocenters. The molecule has 0 bridgehead atoms. The highest BCUT2D eigenvalue weighted by Gasteiger charge is 2.30. The summed E-state index contributed by atoms with van der Waals surface area (Å²) in [7, 11) is 0. The summed E-state index contributed by atoms with van der Waals surface area (Å²) in [6, 6.07) is 4.76. The molecule has 6 rings (SSSR count). The predicted molar refractivity (Wildman–Crippen MR) is 135 cm³/mol. The predicted octanol–water partition coefficient (Wildman–Crippen LogP) is 4.96. The molecule has 35 heavy (non-hydrogen) atoms. The van der Waals surface area contributed by atoms with Crippen LogP contribution in [0.4, 0.5) is 21.8 Å². The number of rotatable bonds is 5. The molecule has 4 aromatic rings. The number of anilines is 3. The van der Waals surface area contributed by atoms with Crippen LogP contribution in [0.25, 0.3) is 22.3 Å². The highest BCUT2D eigenvalue weighted by atomic mass is 35.5. The zero-order chi connectivity index (χ0) is 23.9. The zero-order valence-electron chi connectivity index (χ0n) is 18.6. The first-order valence-corrected chi connectivity index (χ1v) is 12.2. The first-order chi connectivity index (χ1) is 17.1. The molecule has 8 nitrogen and oxygen atoms in total. The van der Waals surface area contributed by atoms with E-state index >= 15 is 0 Å². The van der Waals surface area contributed by atoms with Crippen LogP contribution in [0, 0.1) is 5.82 Å². The SMILES string of the molecule is Fc1cc(Cl)cnc1Nc1cc(-c2nc(N3CCNCC3)c3c(C4CC4)cnc(Cl)c3n2)ccn1. The second-order valence-corrected chi connectivity index (χ2v) is 9.44. The molecule has 5 heterocycles. The molecule has 1 saturated carbocycles. The Morgan fingerprint density at radius 3 is 2.63 bits per heavy atom. The van der Waals surface area contributed by atoms with Crippen LogP contribution in [-0.2, 0) is 0 Å². The maximum Gasteiger partial charge on any atom is 0.167 e. The summed E-state index contributed by atoms with van der Waals surface area (Å²) in [5.41, 5.74) is 2.51. The standard InChI is InChI=1S/C24H21Cl2FN8/c25-15-10-17(27)23(31-11-15)32-18-9-14(3-4-29-18)22-33-20-19(16(13-1-2-13)12-30-21(20)26)24(34-22)35-7-5-28-6-8-35/h3-4,9-13,28H,1-2,5-8H2,(H,29,31,32). The van der Waals surface area contributed by atoms with Gasteiger partial charge in [-0.25, -0.2) is 29.3 Å². The summed E-state index contributed by atoms with van der Waals surface area (Å²) < 4.78 is 14.3. The van der Waals surface area contributed by atoms with Gasteiger partial charge >= 0.3 is 0 Å². The van der Waals surface area contributed by atoms with Crippen LogP contribution < -0.4 is 15.5 Å². The van der Waals surface area contributed by atoms with Gasteiger partial charge in [-0.1, -0.05) is 23.2 Å². The fourth-order valence-electron chi connectivity index (χ4n) is 4.32. The van der Waals surface area contributed by atoms with Crippen molar-refractivity contribution >= 4 is 51.6 Å². The lowest BCUT2D eigenvalue weighted by Gasteiger charge is -2.30. The van der Waals surface area contributed by atoms with Crippen molar-refractivity contribution in [1.29, 1.82) is 0 Å². The summed E-state index contributed by atoms with van der Waals surface area (Å²) in [4.78, 5) is 24.9. The highest BCUT2D eigenvalue weighted by molar-refractivity contribution is 6.34. The number of pyridine rings is 3. The molecule has 178 valence electrons. The van der Waals surface area contributed by atoms with Crippen LogP contribution in [0.5, 0.6) is 0 Å². The van der Waals surface area contributed by atoms with Gasteiger partial charge in [0.2, 0.25) is 0 Å². The van der Waals surface area contributed by atoms with Gasteiger partial charge in [-0.15, -0.1) is 0 Å². The minimum absolute atomic E-state index is 0.0290. The smallest absolute Gasteiger partial charge is 0.167 e. The van der Waals surface area contributed by atoms with Gasteiger partial charge < -0.3 is 15.5 Å². The zero-order valence-corrected chi connectivity index (χ0v) is 20.1. The van der Waals surface area contributed by atoms with Crippen LogP contribution in [-0.4, -0.2) is 51.1 Å². The quantitative estimate of drug-likeness (QED) is 0.364. The molecule has 0 aromatic carbocycles. The molecule has 1 saturated heterocycles. The van der Waals surface area contributed by atoms with Crippen LogP contribution in [0.2, 0.25) is 10.2 Å².